The Bertz CT molecular complexity index is 1350. The molecule has 6 heteroatoms. The van der Waals surface area contributed by atoms with Crippen LogP contribution in [-0.2, 0) is 28.6 Å². The summed E-state index contributed by atoms with van der Waals surface area (Å²) in [7, 11) is 0. The van der Waals surface area contributed by atoms with Crippen molar-refractivity contribution in [1.82, 2.24) is 0 Å². The van der Waals surface area contributed by atoms with E-state index in [1.165, 1.54) is 250 Å². The predicted octanol–water partition coefficient (Wildman–Crippen LogP) is 23.7. The van der Waals surface area contributed by atoms with Crippen molar-refractivity contribution in [3.05, 3.63) is 48.6 Å². The van der Waals surface area contributed by atoms with Gasteiger partial charge in [-0.05, 0) is 83.5 Å². The first-order valence-electron chi connectivity index (χ1n) is 34.6. The van der Waals surface area contributed by atoms with Gasteiger partial charge in [-0.1, -0.05) is 320 Å². The number of carbonyl (C=O) groups is 3. The highest BCUT2D eigenvalue weighted by Crippen LogP contribution is 2.18. The molecule has 0 aromatic heterocycles. The number of rotatable bonds is 64. The van der Waals surface area contributed by atoms with Crippen molar-refractivity contribution in [2.24, 2.45) is 0 Å². The summed E-state index contributed by atoms with van der Waals surface area (Å²) in [5.74, 6) is -0.862. The standard InChI is InChI=1S/C72H132O6/c1-4-7-10-13-16-19-22-25-28-30-32-33-34-35-36-37-38-39-40-42-44-47-50-53-56-59-62-65-71(74)77-68-69(67-76-70(73)64-61-58-55-52-49-46-43-27-24-21-18-15-12-9-6-3)78-72(75)66-63-60-57-54-51-48-45-41-31-29-26-23-20-17-14-11-8-5-2/h18,21-22,25,27,30,32,43,69H,4-17,19-20,23-24,26,28-29,31,33-42,44-68H2,1-3H3/b21-18-,25-22-,32-30-,43-27-. The average Bonchev–Trinajstić information content (AvgIpc) is 3.44. The first-order chi connectivity index (χ1) is 38.5. The Labute approximate surface area is 486 Å². The van der Waals surface area contributed by atoms with E-state index in [1.54, 1.807) is 0 Å². The number of carbonyl (C=O) groups excluding carboxylic acids is 3. The molecule has 0 amide bonds. The smallest absolute Gasteiger partial charge is 0.306 e. The molecule has 0 saturated heterocycles. The van der Waals surface area contributed by atoms with E-state index in [-0.39, 0.29) is 31.1 Å². The summed E-state index contributed by atoms with van der Waals surface area (Å²) in [6.45, 7) is 6.66. The number of hydrogen-bond donors (Lipinski definition) is 0. The van der Waals surface area contributed by atoms with Crippen LogP contribution in [0.15, 0.2) is 48.6 Å². The fourth-order valence-corrected chi connectivity index (χ4v) is 10.3. The van der Waals surface area contributed by atoms with Crippen molar-refractivity contribution in [1.29, 1.82) is 0 Å². The van der Waals surface area contributed by atoms with E-state index in [4.69, 9.17) is 14.2 Å². The van der Waals surface area contributed by atoms with Crippen LogP contribution in [0.3, 0.4) is 0 Å². The summed E-state index contributed by atoms with van der Waals surface area (Å²) >= 11 is 0. The van der Waals surface area contributed by atoms with Gasteiger partial charge in [0, 0.05) is 19.3 Å². The zero-order valence-electron chi connectivity index (χ0n) is 52.5. The molecule has 0 aliphatic heterocycles. The largest absolute Gasteiger partial charge is 0.462 e. The fourth-order valence-electron chi connectivity index (χ4n) is 10.3. The van der Waals surface area contributed by atoms with Gasteiger partial charge < -0.3 is 14.2 Å². The summed E-state index contributed by atoms with van der Waals surface area (Å²) in [4.78, 5) is 38.4. The summed E-state index contributed by atoms with van der Waals surface area (Å²) in [6.07, 6.45) is 84.2. The van der Waals surface area contributed by atoms with E-state index < -0.39 is 6.10 Å². The molecule has 0 radical (unpaired) electrons. The molecule has 0 aliphatic carbocycles. The lowest BCUT2D eigenvalue weighted by molar-refractivity contribution is -0.167. The minimum Gasteiger partial charge on any atom is -0.462 e. The van der Waals surface area contributed by atoms with Gasteiger partial charge in [-0.3, -0.25) is 14.4 Å². The Morgan fingerprint density at radius 1 is 0.256 bits per heavy atom. The molecule has 78 heavy (non-hydrogen) atoms. The van der Waals surface area contributed by atoms with Crippen LogP contribution in [0.1, 0.15) is 374 Å². The summed E-state index contributed by atoms with van der Waals surface area (Å²) in [5.41, 5.74) is 0. The maximum atomic E-state index is 12.9. The predicted molar refractivity (Wildman–Crippen MR) is 339 cm³/mol. The molecule has 0 bridgehead atoms. The zero-order valence-corrected chi connectivity index (χ0v) is 52.5. The van der Waals surface area contributed by atoms with E-state index in [9.17, 15) is 14.4 Å². The number of hydrogen-bond acceptors (Lipinski definition) is 6. The molecule has 0 heterocycles. The van der Waals surface area contributed by atoms with Crippen LogP contribution in [0.5, 0.6) is 0 Å². The molecule has 1 unspecified atom stereocenters. The van der Waals surface area contributed by atoms with E-state index in [0.717, 1.165) is 83.5 Å². The molecule has 0 fully saturated rings. The summed E-state index contributed by atoms with van der Waals surface area (Å²) in [6, 6.07) is 0. The Kier molecular flexibility index (Phi) is 64.6. The number of ether oxygens (including phenoxy) is 3. The molecule has 1 atom stereocenters. The Hall–Kier alpha value is -2.63. The number of allylic oxidation sites excluding steroid dienone is 8. The van der Waals surface area contributed by atoms with Crippen molar-refractivity contribution >= 4 is 17.9 Å². The van der Waals surface area contributed by atoms with Crippen LogP contribution in [0.2, 0.25) is 0 Å². The highest BCUT2D eigenvalue weighted by molar-refractivity contribution is 5.71. The van der Waals surface area contributed by atoms with Crippen molar-refractivity contribution in [3.63, 3.8) is 0 Å². The molecule has 0 aliphatic rings. The molecule has 0 rings (SSSR count). The normalized spacial score (nSPS) is 12.3. The SMILES string of the molecule is CCCCC/C=C\C/C=C\CCCCCCCC(=O)OCC(COC(=O)CCCCCCCCCCCCCCCCC/C=C\C/C=C\CCCCCCC)OC(=O)CCCCCCCCCCCCCCCCCCCC. The van der Waals surface area contributed by atoms with Crippen LogP contribution >= 0.6 is 0 Å². The van der Waals surface area contributed by atoms with Crippen LogP contribution in [0.25, 0.3) is 0 Å². The van der Waals surface area contributed by atoms with Crippen LogP contribution < -0.4 is 0 Å². The van der Waals surface area contributed by atoms with Crippen molar-refractivity contribution in [3.8, 4) is 0 Å². The van der Waals surface area contributed by atoms with Gasteiger partial charge in [0.05, 0.1) is 0 Å². The molecule has 0 aromatic carbocycles. The average molecular weight is 1090 g/mol. The highest BCUT2D eigenvalue weighted by atomic mass is 16.6. The monoisotopic (exact) mass is 1090 g/mol. The second kappa shape index (κ2) is 66.9. The quantitative estimate of drug-likeness (QED) is 0.0261. The molecule has 0 saturated carbocycles. The van der Waals surface area contributed by atoms with E-state index in [1.807, 2.05) is 0 Å². The van der Waals surface area contributed by atoms with Crippen molar-refractivity contribution in [2.45, 2.75) is 380 Å². The second-order valence-electron chi connectivity index (χ2n) is 23.4. The second-order valence-corrected chi connectivity index (χ2v) is 23.4. The number of unbranched alkanes of at least 4 members (excludes halogenated alkanes) is 45. The highest BCUT2D eigenvalue weighted by Gasteiger charge is 2.19. The minimum atomic E-state index is -0.777. The summed E-state index contributed by atoms with van der Waals surface area (Å²) in [5, 5.41) is 0. The fraction of sp³-hybridized carbons (Fsp3) is 0.847. The Morgan fingerprint density at radius 3 is 0.731 bits per heavy atom. The molecule has 0 aromatic rings. The Balaban J connectivity index is 4.25. The first kappa shape index (κ1) is 75.4. The van der Waals surface area contributed by atoms with Gasteiger partial charge in [0.1, 0.15) is 13.2 Å². The first-order valence-corrected chi connectivity index (χ1v) is 34.6. The van der Waals surface area contributed by atoms with Gasteiger partial charge in [0.25, 0.3) is 0 Å². The van der Waals surface area contributed by atoms with Crippen molar-refractivity contribution < 1.29 is 28.6 Å². The topological polar surface area (TPSA) is 78.9 Å². The Morgan fingerprint density at radius 2 is 0.462 bits per heavy atom. The van der Waals surface area contributed by atoms with Crippen molar-refractivity contribution in [2.75, 3.05) is 13.2 Å². The lowest BCUT2D eigenvalue weighted by atomic mass is 10.0. The number of esters is 3. The lowest BCUT2D eigenvalue weighted by Crippen LogP contribution is -2.30. The molecule has 6 nitrogen and oxygen atoms in total. The van der Waals surface area contributed by atoms with Gasteiger partial charge in [-0.2, -0.15) is 0 Å². The van der Waals surface area contributed by atoms with Crippen LogP contribution in [0, 0.1) is 0 Å². The van der Waals surface area contributed by atoms with Gasteiger partial charge in [-0.15, -0.1) is 0 Å². The molecule has 456 valence electrons. The molecule has 0 spiro atoms. The third-order valence-electron chi connectivity index (χ3n) is 15.6. The van der Waals surface area contributed by atoms with Crippen LogP contribution in [-0.4, -0.2) is 37.2 Å². The van der Waals surface area contributed by atoms with Gasteiger partial charge in [-0.25, -0.2) is 0 Å². The van der Waals surface area contributed by atoms with Crippen LogP contribution in [0.4, 0.5) is 0 Å². The zero-order chi connectivity index (χ0) is 56.4. The van der Waals surface area contributed by atoms with Gasteiger partial charge in [0.15, 0.2) is 6.10 Å². The molecule has 0 N–H and O–H groups in total. The van der Waals surface area contributed by atoms with Gasteiger partial charge in [0.2, 0.25) is 0 Å². The maximum absolute atomic E-state index is 12.9. The third-order valence-corrected chi connectivity index (χ3v) is 15.6. The molecular formula is C72H132O6. The third kappa shape index (κ3) is 64.2. The molecular weight excluding hydrogens is 961 g/mol. The van der Waals surface area contributed by atoms with E-state index >= 15 is 0 Å². The van der Waals surface area contributed by atoms with E-state index in [2.05, 4.69) is 69.4 Å². The van der Waals surface area contributed by atoms with Gasteiger partial charge >= 0.3 is 17.9 Å². The summed E-state index contributed by atoms with van der Waals surface area (Å²) < 4.78 is 17.0. The minimum absolute atomic E-state index is 0.0731. The maximum Gasteiger partial charge on any atom is 0.306 e. The lowest BCUT2D eigenvalue weighted by Gasteiger charge is -2.18. The van der Waals surface area contributed by atoms with E-state index in [0.29, 0.717) is 19.3 Å².